The first kappa shape index (κ1) is 19.4. The Labute approximate surface area is 166 Å². The molecule has 28 heavy (non-hydrogen) atoms. The normalized spacial score (nSPS) is 10.4. The van der Waals surface area contributed by atoms with E-state index in [2.05, 4.69) is 0 Å². The van der Waals surface area contributed by atoms with Gasteiger partial charge in [-0.15, -0.1) is 0 Å². The number of thiophene rings is 1. The lowest BCUT2D eigenvalue weighted by molar-refractivity contribution is 0.0991. The van der Waals surface area contributed by atoms with Crippen LogP contribution in [-0.2, 0) is 0 Å². The van der Waals surface area contributed by atoms with Crippen molar-refractivity contribution >= 4 is 29.1 Å². The summed E-state index contributed by atoms with van der Waals surface area (Å²) in [5, 5.41) is 9.21. The molecule has 1 heterocycles. The molecule has 0 aliphatic carbocycles. The van der Waals surface area contributed by atoms with Crippen molar-refractivity contribution in [2.45, 2.75) is 6.92 Å². The van der Waals surface area contributed by atoms with Gasteiger partial charge in [-0.25, -0.2) is 4.79 Å². The van der Waals surface area contributed by atoms with E-state index in [1.807, 2.05) is 43.3 Å². The number of aryl methyl sites for hydroxylation is 1. The standard InChI is InChI=1S/C21H19NO5S/c1-13-4-6-15(7-5-13)19(23)22(2)17-12-18(28-20(17)27-21(24)25)14-8-10-16(26-3)11-9-14/h4-12H,1-3H3,(H,24,25). The largest absolute Gasteiger partial charge is 0.512 e. The van der Waals surface area contributed by atoms with Gasteiger partial charge in [-0.1, -0.05) is 29.0 Å². The summed E-state index contributed by atoms with van der Waals surface area (Å²) in [6.07, 6.45) is -1.43. The Balaban J connectivity index is 1.97. The molecule has 3 rings (SSSR count). The highest BCUT2D eigenvalue weighted by molar-refractivity contribution is 7.18. The lowest BCUT2D eigenvalue weighted by Gasteiger charge is -2.17. The van der Waals surface area contributed by atoms with E-state index in [4.69, 9.17) is 14.6 Å². The van der Waals surface area contributed by atoms with E-state index in [-0.39, 0.29) is 11.0 Å². The Morgan fingerprint density at radius 1 is 1.04 bits per heavy atom. The fourth-order valence-corrected chi connectivity index (χ4v) is 3.69. The molecule has 0 bridgehead atoms. The Kier molecular flexibility index (Phi) is 5.65. The molecule has 7 heteroatoms. The van der Waals surface area contributed by atoms with E-state index in [0.29, 0.717) is 17.0 Å². The Bertz CT molecular complexity index is 993. The fraction of sp³-hybridized carbons (Fsp3) is 0.143. The number of amides is 1. The van der Waals surface area contributed by atoms with E-state index in [1.165, 1.54) is 4.90 Å². The van der Waals surface area contributed by atoms with Crippen LogP contribution >= 0.6 is 11.3 Å². The van der Waals surface area contributed by atoms with Gasteiger partial charge < -0.3 is 19.5 Å². The summed E-state index contributed by atoms with van der Waals surface area (Å²) in [7, 11) is 3.18. The molecule has 1 aromatic heterocycles. The van der Waals surface area contributed by atoms with Crippen LogP contribution in [0.5, 0.6) is 10.8 Å². The summed E-state index contributed by atoms with van der Waals surface area (Å²) >= 11 is 1.16. The van der Waals surface area contributed by atoms with Crippen LogP contribution in [0.3, 0.4) is 0 Å². The highest BCUT2D eigenvalue weighted by Crippen LogP contribution is 2.43. The van der Waals surface area contributed by atoms with Crippen LogP contribution in [0.15, 0.2) is 54.6 Å². The molecule has 1 amide bonds. The number of hydrogen-bond donors (Lipinski definition) is 1. The Morgan fingerprint density at radius 2 is 1.68 bits per heavy atom. The molecule has 0 aliphatic heterocycles. The predicted molar refractivity (Wildman–Crippen MR) is 109 cm³/mol. The van der Waals surface area contributed by atoms with Gasteiger partial charge in [0.05, 0.1) is 12.8 Å². The molecule has 2 aromatic carbocycles. The van der Waals surface area contributed by atoms with Crippen molar-refractivity contribution in [1.29, 1.82) is 0 Å². The maximum absolute atomic E-state index is 12.8. The van der Waals surface area contributed by atoms with E-state index in [0.717, 1.165) is 27.3 Å². The van der Waals surface area contributed by atoms with Gasteiger partial charge in [-0.05, 0) is 55.0 Å². The molecular formula is C21H19NO5S. The van der Waals surface area contributed by atoms with Crippen LogP contribution in [-0.4, -0.2) is 31.3 Å². The third kappa shape index (κ3) is 4.15. The summed E-state index contributed by atoms with van der Waals surface area (Å²) in [5.74, 6) is 0.462. The van der Waals surface area contributed by atoms with Crippen LogP contribution in [0, 0.1) is 6.92 Å². The van der Waals surface area contributed by atoms with Gasteiger partial charge in [0.1, 0.15) is 5.75 Å². The average molecular weight is 397 g/mol. The van der Waals surface area contributed by atoms with Crippen molar-refractivity contribution in [3.63, 3.8) is 0 Å². The summed E-state index contributed by atoms with van der Waals surface area (Å²) in [4.78, 5) is 26.1. The van der Waals surface area contributed by atoms with Crippen molar-refractivity contribution in [2.75, 3.05) is 19.1 Å². The second kappa shape index (κ2) is 8.14. The highest BCUT2D eigenvalue weighted by Gasteiger charge is 2.22. The average Bonchev–Trinajstić information content (AvgIpc) is 3.10. The molecule has 144 valence electrons. The summed E-state index contributed by atoms with van der Waals surface area (Å²) in [6, 6.07) is 16.3. The molecule has 1 N–H and O–H groups in total. The molecule has 0 aliphatic rings. The summed E-state index contributed by atoms with van der Waals surface area (Å²) in [6.45, 7) is 1.94. The lowest BCUT2D eigenvalue weighted by Crippen LogP contribution is -2.26. The second-order valence-corrected chi connectivity index (χ2v) is 7.12. The molecule has 6 nitrogen and oxygen atoms in total. The van der Waals surface area contributed by atoms with E-state index < -0.39 is 6.16 Å². The van der Waals surface area contributed by atoms with Gasteiger partial charge in [0, 0.05) is 17.5 Å². The third-order valence-corrected chi connectivity index (χ3v) is 5.25. The molecular weight excluding hydrogens is 378 g/mol. The van der Waals surface area contributed by atoms with E-state index >= 15 is 0 Å². The van der Waals surface area contributed by atoms with Crippen molar-refractivity contribution in [1.82, 2.24) is 0 Å². The number of carbonyl (C=O) groups is 2. The zero-order chi connectivity index (χ0) is 20.3. The number of hydrogen-bond acceptors (Lipinski definition) is 5. The number of rotatable bonds is 5. The molecule has 0 saturated heterocycles. The van der Waals surface area contributed by atoms with Gasteiger partial charge in [0.2, 0.25) is 5.06 Å². The number of methoxy groups -OCH3 is 1. The molecule has 0 unspecified atom stereocenters. The minimum Gasteiger partial charge on any atom is -0.497 e. The van der Waals surface area contributed by atoms with Crippen LogP contribution in [0.25, 0.3) is 10.4 Å². The van der Waals surface area contributed by atoms with Crippen LogP contribution in [0.1, 0.15) is 15.9 Å². The second-order valence-electron chi connectivity index (χ2n) is 6.11. The van der Waals surface area contributed by atoms with Gasteiger partial charge in [-0.3, -0.25) is 4.79 Å². The number of anilines is 1. The first-order valence-corrected chi connectivity index (χ1v) is 9.24. The summed E-state index contributed by atoms with van der Waals surface area (Å²) < 4.78 is 10.1. The molecule has 0 radical (unpaired) electrons. The monoisotopic (exact) mass is 397 g/mol. The fourth-order valence-electron chi connectivity index (χ4n) is 2.65. The van der Waals surface area contributed by atoms with Crippen LogP contribution in [0.2, 0.25) is 0 Å². The number of carbonyl (C=O) groups excluding carboxylic acids is 1. The number of ether oxygens (including phenoxy) is 2. The van der Waals surface area contributed by atoms with Crippen molar-refractivity contribution < 1.29 is 24.2 Å². The SMILES string of the molecule is COc1ccc(-c2cc(N(C)C(=O)c3ccc(C)cc3)c(OC(=O)O)s2)cc1. The lowest BCUT2D eigenvalue weighted by atomic mass is 10.1. The Morgan fingerprint density at radius 3 is 2.25 bits per heavy atom. The molecule has 0 spiro atoms. The quantitative estimate of drug-likeness (QED) is 0.609. The molecule has 0 fully saturated rings. The molecule has 0 atom stereocenters. The number of nitrogens with zero attached hydrogens (tertiary/aromatic N) is 1. The zero-order valence-corrected chi connectivity index (χ0v) is 16.4. The van der Waals surface area contributed by atoms with Crippen molar-refractivity contribution in [2.24, 2.45) is 0 Å². The van der Waals surface area contributed by atoms with Crippen molar-refractivity contribution in [3.05, 3.63) is 65.7 Å². The minimum atomic E-state index is -1.43. The molecule has 0 saturated carbocycles. The number of carboxylic acid groups (broad SMARTS) is 1. The van der Waals surface area contributed by atoms with Crippen molar-refractivity contribution in [3.8, 4) is 21.3 Å². The first-order valence-electron chi connectivity index (χ1n) is 8.43. The van der Waals surface area contributed by atoms with E-state index in [1.54, 1.807) is 32.4 Å². The minimum absolute atomic E-state index is 0.140. The van der Waals surface area contributed by atoms with Gasteiger partial charge in [-0.2, -0.15) is 0 Å². The predicted octanol–water partition coefficient (Wildman–Crippen LogP) is 5.07. The number of benzene rings is 2. The Hall–Kier alpha value is -3.32. The zero-order valence-electron chi connectivity index (χ0n) is 15.6. The summed E-state index contributed by atoms with van der Waals surface area (Å²) in [5.41, 5.74) is 2.81. The van der Waals surface area contributed by atoms with Crippen LogP contribution in [0.4, 0.5) is 10.5 Å². The van der Waals surface area contributed by atoms with Gasteiger partial charge in [0.25, 0.3) is 5.91 Å². The maximum Gasteiger partial charge on any atom is 0.512 e. The van der Waals surface area contributed by atoms with Gasteiger partial charge in [0.15, 0.2) is 0 Å². The third-order valence-electron chi connectivity index (χ3n) is 4.20. The van der Waals surface area contributed by atoms with E-state index in [9.17, 15) is 9.59 Å². The van der Waals surface area contributed by atoms with Crippen LogP contribution < -0.4 is 14.4 Å². The first-order chi connectivity index (χ1) is 13.4. The molecule has 3 aromatic rings. The maximum atomic E-state index is 12.8. The topological polar surface area (TPSA) is 76.1 Å². The van der Waals surface area contributed by atoms with Gasteiger partial charge >= 0.3 is 6.16 Å². The smallest absolute Gasteiger partial charge is 0.497 e. The highest BCUT2D eigenvalue weighted by atomic mass is 32.1.